The summed E-state index contributed by atoms with van der Waals surface area (Å²) in [5.41, 5.74) is 7.39. The zero-order valence-electron chi connectivity index (χ0n) is 12.8. The second kappa shape index (κ2) is 6.59. The molecule has 1 spiro atoms. The number of hydrogen-bond acceptors (Lipinski definition) is 3. The van der Waals surface area contributed by atoms with Gasteiger partial charge in [-0.3, -0.25) is 4.99 Å². The number of aliphatic imine (C=N–C) groups is 1. The first-order valence-electron chi connectivity index (χ1n) is 7.61. The molecule has 1 heterocycles. The Bertz CT molecular complexity index is 573. The summed E-state index contributed by atoms with van der Waals surface area (Å²) in [5, 5.41) is 3.65. The second-order valence-corrected chi connectivity index (χ2v) is 7.71. The molecule has 4 nitrogen and oxygen atoms in total. The van der Waals surface area contributed by atoms with Gasteiger partial charge in [0.25, 0.3) is 0 Å². The molecule has 3 rings (SSSR count). The molecular formula is C16H22ClN3OS. The molecule has 1 aromatic carbocycles. The number of nitrogens with two attached hydrogens (primary N) is 1. The van der Waals surface area contributed by atoms with E-state index in [0.29, 0.717) is 28.1 Å². The Morgan fingerprint density at radius 3 is 2.95 bits per heavy atom. The van der Waals surface area contributed by atoms with E-state index in [1.54, 1.807) is 13.2 Å². The van der Waals surface area contributed by atoms with Gasteiger partial charge in [0.2, 0.25) is 0 Å². The number of ether oxygens (including phenoxy) is 1. The van der Waals surface area contributed by atoms with Gasteiger partial charge < -0.3 is 15.8 Å². The van der Waals surface area contributed by atoms with Crippen molar-refractivity contribution >= 4 is 35.0 Å². The molecule has 0 radical (unpaired) electrons. The van der Waals surface area contributed by atoms with Crippen LogP contribution in [0.5, 0.6) is 5.75 Å². The van der Waals surface area contributed by atoms with Crippen molar-refractivity contribution in [1.82, 2.24) is 0 Å². The number of nitrogens with zero attached hydrogens (tertiary/aromatic N) is 1. The number of guanidine groups is 1. The molecule has 22 heavy (non-hydrogen) atoms. The Labute approximate surface area is 140 Å². The van der Waals surface area contributed by atoms with Crippen LogP contribution in [0.4, 0.5) is 5.69 Å². The van der Waals surface area contributed by atoms with Crippen LogP contribution in [0.2, 0.25) is 5.02 Å². The fraction of sp³-hybridized carbons (Fsp3) is 0.562. The number of nitrogens with one attached hydrogen (secondary N) is 1. The molecule has 1 unspecified atom stereocenters. The third-order valence-electron chi connectivity index (χ3n) is 4.75. The van der Waals surface area contributed by atoms with Gasteiger partial charge in [0.05, 0.1) is 12.1 Å². The van der Waals surface area contributed by atoms with E-state index >= 15 is 0 Å². The van der Waals surface area contributed by atoms with Gasteiger partial charge in [-0.25, -0.2) is 0 Å². The molecule has 1 atom stereocenters. The number of rotatable bonds is 4. The molecule has 2 aliphatic rings. The van der Waals surface area contributed by atoms with Crippen LogP contribution in [0.25, 0.3) is 0 Å². The normalized spacial score (nSPS) is 23.4. The summed E-state index contributed by atoms with van der Waals surface area (Å²) in [6.45, 7) is 0.827. The summed E-state index contributed by atoms with van der Waals surface area (Å²) in [4.78, 5) is 4.51. The molecule has 0 bridgehead atoms. The molecule has 0 amide bonds. The SMILES string of the molecule is COc1ccc(NC(N)=NCC2CC23CCSCC3)cc1Cl. The molecule has 1 saturated heterocycles. The summed E-state index contributed by atoms with van der Waals surface area (Å²) in [5.74, 6) is 4.43. The van der Waals surface area contributed by atoms with E-state index in [2.05, 4.69) is 22.1 Å². The molecule has 1 aliphatic heterocycles. The van der Waals surface area contributed by atoms with Gasteiger partial charge in [-0.15, -0.1) is 0 Å². The third-order valence-corrected chi connectivity index (χ3v) is 6.03. The predicted octanol–water partition coefficient (Wildman–Crippen LogP) is 3.61. The van der Waals surface area contributed by atoms with Crippen molar-refractivity contribution in [2.75, 3.05) is 30.5 Å². The zero-order chi connectivity index (χ0) is 15.6. The lowest BCUT2D eigenvalue weighted by Gasteiger charge is -2.21. The molecule has 3 N–H and O–H groups in total. The van der Waals surface area contributed by atoms with Gasteiger partial charge in [0, 0.05) is 12.2 Å². The Morgan fingerprint density at radius 2 is 2.27 bits per heavy atom. The Hall–Kier alpha value is -1.07. The molecule has 1 aromatic rings. The van der Waals surface area contributed by atoms with E-state index < -0.39 is 0 Å². The average Bonchev–Trinajstić information content (AvgIpc) is 3.18. The standard InChI is InChI=1S/C16H22ClN3OS/c1-21-14-3-2-12(8-13(14)17)20-15(18)19-10-11-9-16(11)4-6-22-7-5-16/h2-3,8,11H,4-7,9-10H2,1H3,(H3,18,19,20). The van der Waals surface area contributed by atoms with E-state index in [-0.39, 0.29) is 0 Å². The van der Waals surface area contributed by atoms with Crippen LogP contribution < -0.4 is 15.8 Å². The second-order valence-electron chi connectivity index (χ2n) is 6.08. The number of benzene rings is 1. The lowest BCUT2D eigenvalue weighted by molar-refractivity contribution is 0.415. The average molecular weight is 340 g/mol. The third kappa shape index (κ3) is 3.46. The van der Waals surface area contributed by atoms with Gasteiger partial charge in [0.1, 0.15) is 5.75 Å². The fourth-order valence-corrected chi connectivity index (χ4v) is 4.78. The fourth-order valence-electron chi connectivity index (χ4n) is 3.22. The lowest BCUT2D eigenvalue weighted by atomic mass is 9.96. The number of hydrogen-bond donors (Lipinski definition) is 2. The van der Waals surface area contributed by atoms with Crippen molar-refractivity contribution in [3.05, 3.63) is 23.2 Å². The summed E-state index contributed by atoms with van der Waals surface area (Å²) in [6.07, 6.45) is 4.01. The maximum Gasteiger partial charge on any atom is 0.193 e. The molecular weight excluding hydrogens is 318 g/mol. The van der Waals surface area contributed by atoms with Gasteiger partial charge >= 0.3 is 0 Å². The van der Waals surface area contributed by atoms with Gasteiger partial charge in [-0.1, -0.05) is 11.6 Å². The van der Waals surface area contributed by atoms with Crippen LogP contribution in [0, 0.1) is 11.3 Å². The van der Waals surface area contributed by atoms with Crippen LogP contribution in [0.1, 0.15) is 19.3 Å². The topological polar surface area (TPSA) is 59.6 Å². The van der Waals surface area contributed by atoms with E-state index in [1.165, 1.54) is 30.8 Å². The Morgan fingerprint density at radius 1 is 1.50 bits per heavy atom. The quantitative estimate of drug-likeness (QED) is 0.650. The first-order chi connectivity index (χ1) is 10.6. The first-order valence-corrected chi connectivity index (χ1v) is 9.14. The van der Waals surface area contributed by atoms with Gasteiger partial charge in [-0.05, 0) is 60.3 Å². The van der Waals surface area contributed by atoms with Gasteiger partial charge in [0.15, 0.2) is 5.96 Å². The lowest BCUT2D eigenvalue weighted by Crippen LogP contribution is -2.23. The monoisotopic (exact) mass is 339 g/mol. The van der Waals surface area contributed by atoms with E-state index in [4.69, 9.17) is 22.1 Å². The minimum absolute atomic E-state index is 0.452. The maximum atomic E-state index is 6.10. The van der Waals surface area contributed by atoms with Crippen LogP contribution >= 0.6 is 23.4 Å². The number of anilines is 1. The van der Waals surface area contributed by atoms with E-state index in [9.17, 15) is 0 Å². The van der Waals surface area contributed by atoms with Crippen LogP contribution in [-0.2, 0) is 0 Å². The molecule has 120 valence electrons. The van der Waals surface area contributed by atoms with Crippen LogP contribution in [0.3, 0.4) is 0 Å². The highest BCUT2D eigenvalue weighted by molar-refractivity contribution is 7.99. The van der Waals surface area contributed by atoms with E-state index in [0.717, 1.165) is 12.2 Å². The van der Waals surface area contributed by atoms with Crippen LogP contribution in [0.15, 0.2) is 23.2 Å². The summed E-state index contributed by atoms with van der Waals surface area (Å²) < 4.78 is 5.13. The van der Waals surface area contributed by atoms with Crippen molar-refractivity contribution < 1.29 is 4.74 Å². The molecule has 1 saturated carbocycles. The highest BCUT2D eigenvalue weighted by atomic mass is 35.5. The maximum absolute atomic E-state index is 6.10. The summed E-state index contributed by atoms with van der Waals surface area (Å²) in [6, 6.07) is 5.48. The minimum atomic E-state index is 0.452. The smallest absolute Gasteiger partial charge is 0.193 e. The number of halogens is 1. The molecule has 2 fully saturated rings. The van der Waals surface area contributed by atoms with E-state index in [1.807, 2.05) is 12.1 Å². The molecule has 6 heteroatoms. The number of thioether (sulfide) groups is 1. The van der Waals surface area contributed by atoms with Crippen molar-refractivity contribution in [3.63, 3.8) is 0 Å². The molecule has 0 aromatic heterocycles. The Balaban J connectivity index is 1.53. The first kappa shape index (κ1) is 15.8. The van der Waals surface area contributed by atoms with Gasteiger partial charge in [-0.2, -0.15) is 11.8 Å². The van der Waals surface area contributed by atoms with Crippen molar-refractivity contribution in [3.8, 4) is 5.75 Å². The predicted molar refractivity (Wildman–Crippen MR) is 95.2 cm³/mol. The number of methoxy groups -OCH3 is 1. The minimum Gasteiger partial charge on any atom is -0.495 e. The largest absolute Gasteiger partial charge is 0.495 e. The zero-order valence-corrected chi connectivity index (χ0v) is 14.3. The van der Waals surface area contributed by atoms with Crippen molar-refractivity contribution in [2.24, 2.45) is 22.1 Å². The highest BCUT2D eigenvalue weighted by Gasteiger charge is 2.53. The highest BCUT2D eigenvalue weighted by Crippen LogP contribution is 2.60. The van der Waals surface area contributed by atoms with Crippen molar-refractivity contribution in [2.45, 2.75) is 19.3 Å². The van der Waals surface area contributed by atoms with Crippen molar-refractivity contribution in [1.29, 1.82) is 0 Å². The summed E-state index contributed by atoms with van der Waals surface area (Å²) >= 11 is 8.17. The molecule has 1 aliphatic carbocycles. The van der Waals surface area contributed by atoms with Crippen LogP contribution in [-0.4, -0.2) is 31.1 Å². The summed E-state index contributed by atoms with van der Waals surface area (Å²) in [7, 11) is 1.60. The Kier molecular flexibility index (Phi) is 4.73.